The van der Waals surface area contributed by atoms with Crippen molar-refractivity contribution in [2.24, 2.45) is 28.1 Å². The molecule has 19 heteroatoms. The van der Waals surface area contributed by atoms with Crippen molar-refractivity contribution in [3.63, 3.8) is 0 Å². The molecule has 3 fully saturated rings. The minimum absolute atomic E-state index is 0. The minimum Gasteiger partial charge on any atom is -0.462 e. The smallest absolute Gasteiger partial charge is 0.462 e. The number of esters is 2. The molecular weight excluding hydrogens is 2790 g/mol. The molecule has 0 aromatic carbocycles. The van der Waals surface area contributed by atoms with Gasteiger partial charge in [0, 0.05) is 238 Å². The Morgan fingerprint density at radius 1 is 0.368 bits per heavy atom. The molecule has 0 aromatic heterocycles. The minimum atomic E-state index is -4.01. The van der Waals surface area contributed by atoms with Crippen molar-refractivity contribution in [3.8, 4) is 0 Å². The van der Waals surface area contributed by atoms with E-state index < -0.39 is 7.82 Å². The van der Waals surface area contributed by atoms with Crippen molar-refractivity contribution in [1.29, 1.82) is 0 Å². The number of carbonyl (C=O) groups excluding carboxylic acids is 5. The zero-order valence-electron chi connectivity index (χ0n) is 70.5. The number of nitrogens with one attached hydrogen (secondary N) is 1. The number of hydrogen-bond acceptors (Lipinski definition) is 10. The van der Waals surface area contributed by atoms with Gasteiger partial charge >= 0.3 is 19.8 Å². The maximum Gasteiger partial charge on any atom is 0.472 e. The third kappa shape index (κ3) is 110. The van der Waals surface area contributed by atoms with Gasteiger partial charge in [-0.25, -0.2) is 4.57 Å². The van der Waals surface area contributed by atoms with E-state index in [2.05, 4.69) is 76.7 Å². The fourth-order valence-corrected chi connectivity index (χ4v) is 15.0. The number of ketones is 2. The number of amides is 1. The second-order valence-corrected chi connectivity index (χ2v) is 34.8. The van der Waals surface area contributed by atoms with Gasteiger partial charge in [0.15, 0.2) is 0 Å². The first-order valence-electron chi connectivity index (χ1n) is 42.7. The topological polar surface area (TPSA) is 172 Å². The zero-order chi connectivity index (χ0) is 73.4. The SMILES string of the molecule is C.C.C.C.C.C.C.C.C.CC1(C)CCCCC1.CCCCCCCCCCCCCCCC(=O)CC1CCC(C)(C)CC1.CCCCCCCCCCCCCCCC(=O)OCC(C)OC(=O)CCCCCCCCCCCCCCC.CCOP(=O)(O)OCCNC(=O)CCCC(=O)CC1CCC(C)(C)CC1.[U].[U].[U].[U].[U].[U]. The van der Waals surface area contributed by atoms with Gasteiger partial charge in [-0.05, 0) is 132 Å². The van der Waals surface area contributed by atoms with E-state index in [1.165, 1.54) is 289 Å². The number of Topliss-reactive ketones (excluding diaryl/α,β-unsaturated/α-hetero) is 2. The number of unbranched alkanes of at least 4 members (excludes halogenated alkanes) is 36. The summed E-state index contributed by atoms with van der Waals surface area (Å²) in [6.45, 7) is 24.6. The molecule has 3 rings (SSSR count). The molecule has 0 aliphatic heterocycles. The number of carbonyl (C=O) groups is 5. The van der Waals surface area contributed by atoms with Crippen LogP contribution >= 0.6 is 7.82 Å². The van der Waals surface area contributed by atoms with Gasteiger partial charge in [0.1, 0.15) is 24.3 Å². The first-order valence-corrected chi connectivity index (χ1v) is 44.2. The molecule has 3 saturated carbocycles. The fourth-order valence-electron chi connectivity index (χ4n) is 14.3. The Kier molecular flexibility index (Phi) is 147. The van der Waals surface area contributed by atoms with Crippen LogP contribution < -0.4 is 5.32 Å². The van der Waals surface area contributed by atoms with Crippen LogP contribution in [0, 0.1) is 215 Å². The van der Waals surface area contributed by atoms with Crippen LogP contribution in [0.2, 0.25) is 0 Å². The normalized spacial score (nSPS) is 14.5. The molecule has 0 bridgehead atoms. The first-order chi connectivity index (χ1) is 47.5. The molecule has 0 aromatic rings. The average Bonchev–Trinajstić information content (AvgIpc) is 0.875. The van der Waals surface area contributed by atoms with Crippen molar-refractivity contribution in [2.45, 2.75) is 534 Å². The molecule has 3 aliphatic rings. The molecule has 0 heterocycles. The van der Waals surface area contributed by atoms with Gasteiger partial charge in [-0.1, -0.05) is 380 Å². The summed E-state index contributed by atoms with van der Waals surface area (Å²) >= 11 is 0. The van der Waals surface area contributed by atoms with Crippen LogP contribution in [0.25, 0.3) is 0 Å². The van der Waals surface area contributed by atoms with Crippen LogP contribution in [0.1, 0.15) is 528 Å². The summed E-state index contributed by atoms with van der Waals surface area (Å²) in [5, 5.41) is 2.60. The molecule has 114 heavy (non-hydrogen) atoms. The molecule has 1 amide bonds. The third-order valence-corrected chi connectivity index (χ3v) is 22.4. The van der Waals surface area contributed by atoms with E-state index >= 15 is 0 Å². The summed E-state index contributed by atoms with van der Waals surface area (Å²) in [5.74, 6) is 1.45. The van der Waals surface area contributed by atoms with Gasteiger partial charge in [0.2, 0.25) is 5.91 Å². The van der Waals surface area contributed by atoms with Gasteiger partial charge in [0.25, 0.3) is 0 Å². The molecular formula is C95H202NO11PU6. The van der Waals surface area contributed by atoms with Gasteiger partial charge < -0.3 is 19.7 Å². The van der Waals surface area contributed by atoms with Crippen molar-refractivity contribution in [1.82, 2.24) is 5.32 Å². The Morgan fingerprint density at radius 2 is 0.640 bits per heavy atom. The van der Waals surface area contributed by atoms with Crippen molar-refractivity contribution < 1.29 is 239 Å². The maximum absolute atomic E-state index is 12.2. The molecule has 2 atom stereocenters. The number of ether oxygens (including phenoxy) is 2. The molecule has 0 saturated heterocycles. The van der Waals surface area contributed by atoms with Crippen LogP contribution in [0.3, 0.4) is 0 Å². The Labute approximate surface area is 859 Å². The maximum atomic E-state index is 12.2. The Hall–Kier alpha value is 4.17. The Morgan fingerprint density at radius 3 is 0.930 bits per heavy atom. The number of phosphoric acid groups is 1. The summed E-state index contributed by atoms with van der Waals surface area (Å²) in [6, 6.07) is 0. The first kappa shape index (κ1) is 155. The number of hydrogen-bond donors (Lipinski definition) is 2. The average molecular weight is 2990 g/mol. The molecule has 2 unspecified atom stereocenters. The standard InChI is InChI=1S/C35H68O4.C25H48O.C18H34NO6P.C8H16.9CH4.6U/c1-4-6-8-10-12-14-16-18-20-22-24-26-28-30-34(36)38-32-33(3)39-35(37)31-29-27-25-23-21-19-17-15-13-11-9-7-5-2;1-4-5-6-7-8-9-10-11-12-13-14-15-16-17-24(26)22-23-18-20-25(2,3)21-19-23;1-4-24-26(22,23)25-13-12-19-17(21)7-5-6-16(20)14-15-8-10-18(2,3)11-9-15;1-8(2)6-4-3-5-7-8;;;;;;;;;;;;;;;/h33H,4-32H2,1-3H3;23H,4-22H2,1-3H3;15H,4-14H2,1-3H3,(H,19,21)(H,22,23);3-7H2,1-2H3;9*1H4;;;;;;. The van der Waals surface area contributed by atoms with E-state index in [1.807, 2.05) is 0 Å². The van der Waals surface area contributed by atoms with Gasteiger partial charge in [-0.15, -0.1) is 0 Å². The molecule has 0 radical (unpaired) electrons. The van der Waals surface area contributed by atoms with E-state index in [4.69, 9.17) is 9.47 Å². The summed E-state index contributed by atoms with van der Waals surface area (Å²) in [5.41, 5.74) is 1.61. The second-order valence-electron chi connectivity index (χ2n) is 33.3. The third-order valence-electron chi connectivity index (χ3n) is 21.3. The Balaban J connectivity index is -0.0000000821. The van der Waals surface area contributed by atoms with Crippen LogP contribution in [-0.4, -0.2) is 66.8 Å². The Bertz CT molecular complexity index is 1960. The van der Waals surface area contributed by atoms with Crippen molar-refractivity contribution in [3.05, 3.63) is 0 Å². The van der Waals surface area contributed by atoms with E-state index in [0.29, 0.717) is 66.0 Å². The number of phosphoric ester groups is 1. The number of rotatable bonds is 59. The van der Waals surface area contributed by atoms with E-state index in [0.717, 1.165) is 57.8 Å². The van der Waals surface area contributed by atoms with Crippen molar-refractivity contribution in [2.75, 3.05) is 26.4 Å². The predicted molar refractivity (Wildman–Crippen MR) is 480 cm³/mol. The van der Waals surface area contributed by atoms with Gasteiger partial charge in [-0.2, -0.15) is 0 Å². The van der Waals surface area contributed by atoms with Crippen LogP contribution in [-0.2, 0) is 47.1 Å². The largest absolute Gasteiger partial charge is 0.472 e. The van der Waals surface area contributed by atoms with E-state index in [9.17, 15) is 33.4 Å². The van der Waals surface area contributed by atoms with Gasteiger partial charge in [0.05, 0.1) is 13.2 Å². The van der Waals surface area contributed by atoms with Gasteiger partial charge in [-0.3, -0.25) is 33.0 Å². The second kappa shape index (κ2) is 108. The molecule has 0 spiro atoms. The zero-order valence-corrected chi connectivity index (χ0v) is 96.3. The fraction of sp³-hybridized carbons (Fsp3) is 0.947. The van der Waals surface area contributed by atoms with Crippen LogP contribution in [0.4, 0.5) is 0 Å². The summed E-state index contributed by atoms with van der Waals surface area (Å²) in [6.07, 6.45) is 72.8. The predicted octanol–water partition coefficient (Wildman–Crippen LogP) is 32.4. The molecule has 12 nitrogen and oxygen atoms in total. The monoisotopic (exact) mass is 2990 g/mol. The van der Waals surface area contributed by atoms with Crippen molar-refractivity contribution >= 4 is 37.2 Å². The summed E-state index contributed by atoms with van der Waals surface area (Å²) in [4.78, 5) is 69.2. The molecule has 2 N–H and O–H groups in total. The van der Waals surface area contributed by atoms with Crippen LogP contribution in [0.15, 0.2) is 0 Å². The van der Waals surface area contributed by atoms with Crippen LogP contribution in [0.5, 0.6) is 0 Å². The van der Waals surface area contributed by atoms with E-state index in [-0.39, 0.29) is 316 Å². The van der Waals surface area contributed by atoms with E-state index in [1.54, 1.807) is 13.8 Å². The molecule has 682 valence electrons. The summed E-state index contributed by atoms with van der Waals surface area (Å²) < 4.78 is 31.2. The summed E-state index contributed by atoms with van der Waals surface area (Å²) in [7, 11) is -4.01. The molecule has 3 aliphatic carbocycles. The quantitative estimate of drug-likeness (QED) is 0.0337.